The van der Waals surface area contributed by atoms with Crippen LogP contribution >= 0.6 is 0 Å². The number of rotatable bonds is 6. The summed E-state index contributed by atoms with van der Waals surface area (Å²) >= 11 is 0. The first-order valence-corrected chi connectivity index (χ1v) is 5.93. The highest BCUT2D eigenvalue weighted by molar-refractivity contribution is 5.25. The van der Waals surface area contributed by atoms with Crippen molar-refractivity contribution in [3.63, 3.8) is 0 Å². The maximum absolute atomic E-state index is 5.40. The van der Waals surface area contributed by atoms with Crippen molar-refractivity contribution in [2.75, 3.05) is 0 Å². The van der Waals surface area contributed by atoms with E-state index in [4.69, 9.17) is 4.42 Å². The van der Waals surface area contributed by atoms with Crippen molar-refractivity contribution in [2.24, 2.45) is 0 Å². The molecule has 0 aliphatic carbocycles. The molecule has 0 saturated heterocycles. The van der Waals surface area contributed by atoms with Crippen LogP contribution in [0.25, 0.3) is 13.2 Å². The second-order valence-corrected chi connectivity index (χ2v) is 4.22. The zero-order chi connectivity index (χ0) is 11.3. The number of unbranched alkanes of at least 4 members (excludes halogenated alkanes) is 4. The summed E-state index contributed by atoms with van der Waals surface area (Å²) in [5.74, 6) is 0. The van der Waals surface area contributed by atoms with Gasteiger partial charge in [0.15, 0.2) is 0 Å². The Bertz CT molecular complexity index is 386. The van der Waals surface area contributed by atoms with E-state index in [1.165, 1.54) is 43.2 Å². The van der Waals surface area contributed by atoms with E-state index >= 15 is 0 Å². The van der Waals surface area contributed by atoms with Crippen LogP contribution in [0.4, 0.5) is 0 Å². The molecule has 0 aliphatic rings. The SMILES string of the molecule is C=c1oc(=C)c(CCCCCCC)c1C. The van der Waals surface area contributed by atoms with Crippen molar-refractivity contribution in [2.45, 2.75) is 52.4 Å². The number of hydrogen-bond acceptors (Lipinski definition) is 1. The molecule has 1 aromatic rings. The van der Waals surface area contributed by atoms with Gasteiger partial charge in [0.05, 0.1) is 0 Å². The third-order valence-corrected chi connectivity index (χ3v) is 2.98. The maximum Gasteiger partial charge on any atom is 0.123 e. The van der Waals surface area contributed by atoms with E-state index in [0.29, 0.717) is 0 Å². The third kappa shape index (κ3) is 3.26. The Balaban J connectivity index is 2.44. The fraction of sp³-hybridized carbons (Fsp3) is 0.571. The molecule has 0 aliphatic heterocycles. The first-order chi connectivity index (χ1) is 7.16. The molecule has 84 valence electrons. The summed E-state index contributed by atoms with van der Waals surface area (Å²) in [7, 11) is 0. The lowest BCUT2D eigenvalue weighted by molar-refractivity contribution is 0.499. The van der Waals surface area contributed by atoms with Crippen LogP contribution in [0.15, 0.2) is 4.42 Å². The van der Waals surface area contributed by atoms with E-state index in [0.717, 1.165) is 17.3 Å². The Kier molecular flexibility index (Phi) is 4.67. The molecular formula is C14H22O. The Morgan fingerprint density at radius 3 is 2.20 bits per heavy atom. The summed E-state index contributed by atoms with van der Waals surface area (Å²) in [4.78, 5) is 0. The van der Waals surface area contributed by atoms with Gasteiger partial charge in [0, 0.05) is 5.56 Å². The molecule has 1 heteroatoms. The van der Waals surface area contributed by atoms with Crippen molar-refractivity contribution in [3.8, 4) is 0 Å². The lowest BCUT2D eigenvalue weighted by atomic mass is 10.0. The first kappa shape index (κ1) is 12.1. The summed E-state index contributed by atoms with van der Waals surface area (Å²) in [6, 6.07) is 0. The molecule has 0 aromatic carbocycles. The molecule has 0 amide bonds. The monoisotopic (exact) mass is 206 g/mol. The predicted octanol–water partition coefficient (Wildman–Crippen LogP) is 2.92. The molecule has 1 nitrogen and oxygen atoms in total. The van der Waals surface area contributed by atoms with Gasteiger partial charge in [0.25, 0.3) is 0 Å². The molecule has 0 N–H and O–H groups in total. The van der Waals surface area contributed by atoms with Gasteiger partial charge < -0.3 is 4.42 Å². The molecule has 15 heavy (non-hydrogen) atoms. The van der Waals surface area contributed by atoms with Gasteiger partial charge in [-0.05, 0) is 25.3 Å². The second-order valence-electron chi connectivity index (χ2n) is 4.22. The topological polar surface area (TPSA) is 13.1 Å². The van der Waals surface area contributed by atoms with Gasteiger partial charge in [0.1, 0.15) is 10.8 Å². The van der Waals surface area contributed by atoms with Gasteiger partial charge in [-0.15, -0.1) is 0 Å². The van der Waals surface area contributed by atoms with Crippen LogP contribution in [0.1, 0.15) is 50.2 Å². The van der Waals surface area contributed by atoms with E-state index in [-0.39, 0.29) is 0 Å². The molecule has 0 bridgehead atoms. The number of hydrogen-bond donors (Lipinski definition) is 0. The smallest absolute Gasteiger partial charge is 0.123 e. The van der Waals surface area contributed by atoms with Gasteiger partial charge >= 0.3 is 0 Å². The van der Waals surface area contributed by atoms with E-state index < -0.39 is 0 Å². The van der Waals surface area contributed by atoms with Crippen LogP contribution in [0.3, 0.4) is 0 Å². The lowest BCUT2D eigenvalue weighted by Crippen LogP contribution is -2.02. The number of furan rings is 1. The van der Waals surface area contributed by atoms with Crippen molar-refractivity contribution >= 4 is 13.2 Å². The molecule has 0 saturated carbocycles. The van der Waals surface area contributed by atoms with Gasteiger partial charge in [-0.3, -0.25) is 0 Å². The Morgan fingerprint density at radius 1 is 1.00 bits per heavy atom. The highest BCUT2D eigenvalue weighted by Crippen LogP contribution is 2.07. The summed E-state index contributed by atoms with van der Waals surface area (Å²) in [5, 5.41) is 0. The lowest BCUT2D eigenvalue weighted by Gasteiger charge is -1.99. The van der Waals surface area contributed by atoms with Crippen molar-refractivity contribution in [1.82, 2.24) is 0 Å². The third-order valence-electron chi connectivity index (χ3n) is 2.98. The van der Waals surface area contributed by atoms with Gasteiger partial charge in [0.2, 0.25) is 0 Å². The minimum atomic E-state index is 0.781. The van der Waals surface area contributed by atoms with Gasteiger partial charge in [-0.1, -0.05) is 45.8 Å². The van der Waals surface area contributed by atoms with E-state index in [1.54, 1.807) is 0 Å². The molecule has 0 spiro atoms. The van der Waals surface area contributed by atoms with Gasteiger partial charge in [-0.25, -0.2) is 0 Å². The Labute approximate surface area is 92.5 Å². The fourth-order valence-corrected chi connectivity index (χ4v) is 1.90. The molecule has 0 atom stereocenters. The van der Waals surface area contributed by atoms with Crippen LogP contribution in [-0.4, -0.2) is 0 Å². The van der Waals surface area contributed by atoms with E-state index in [2.05, 4.69) is 27.0 Å². The van der Waals surface area contributed by atoms with Gasteiger partial charge in [-0.2, -0.15) is 0 Å². The van der Waals surface area contributed by atoms with Crippen LogP contribution in [-0.2, 0) is 6.42 Å². The van der Waals surface area contributed by atoms with Crippen molar-refractivity contribution in [1.29, 1.82) is 0 Å². The predicted molar refractivity (Wildman–Crippen MR) is 66.2 cm³/mol. The van der Waals surface area contributed by atoms with Crippen molar-refractivity contribution in [3.05, 3.63) is 22.0 Å². The van der Waals surface area contributed by atoms with Crippen LogP contribution in [0, 0.1) is 6.92 Å². The molecular weight excluding hydrogens is 184 g/mol. The largest absolute Gasteiger partial charge is 0.458 e. The molecule has 1 rings (SSSR count). The van der Waals surface area contributed by atoms with Crippen LogP contribution in [0.2, 0.25) is 0 Å². The Hall–Kier alpha value is -0.980. The first-order valence-electron chi connectivity index (χ1n) is 5.93. The zero-order valence-corrected chi connectivity index (χ0v) is 10.1. The average molecular weight is 206 g/mol. The molecule has 1 aromatic heterocycles. The quantitative estimate of drug-likeness (QED) is 0.652. The Morgan fingerprint density at radius 2 is 1.67 bits per heavy atom. The minimum Gasteiger partial charge on any atom is -0.458 e. The second kappa shape index (κ2) is 5.79. The maximum atomic E-state index is 5.40. The van der Waals surface area contributed by atoms with E-state index in [1.807, 2.05) is 0 Å². The van der Waals surface area contributed by atoms with Crippen molar-refractivity contribution < 1.29 is 4.42 Å². The zero-order valence-electron chi connectivity index (χ0n) is 10.1. The van der Waals surface area contributed by atoms with E-state index in [9.17, 15) is 0 Å². The average Bonchev–Trinajstić information content (AvgIpc) is 2.44. The van der Waals surface area contributed by atoms with Crippen LogP contribution < -0.4 is 10.8 Å². The summed E-state index contributed by atoms with van der Waals surface area (Å²) < 4.78 is 5.40. The molecule has 1 heterocycles. The molecule has 0 radical (unpaired) electrons. The summed E-state index contributed by atoms with van der Waals surface area (Å²) in [5.41, 5.74) is 4.06. The summed E-state index contributed by atoms with van der Waals surface area (Å²) in [6.45, 7) is 12.1. The highest BCUT2D eigenvalue weighted by Gasteiger charge is 2.04. The molecule has 0 fully saturated rings. The standard InChI is InChI=1S/C14H22O/c1-5-6-7-8-9-10-14-11(2)12(3)15-13(14)4/h3-10H2,1-2H3. The van der Waals surface area contributed by atoms with Crippen LogP contribution in [0.5, 0.6) is 0 Å². The highest BCUT2D eigenvalue weighted by atomic mass is 16.3. The summed E-state index contributed by atoms with van der Waals surface area (Å²) in [6.07, 6.45) is 7.63. The fourth-order valence-electron chi connectivity index (χ4n) is 1.90. The minimum absolute atomic E-state index is 0.781. The normalized spacial score (nSPS) is 10.8. The molecule has 0 unspecified atom stereocenters.